The van der Waals surface area contributed by atoms with Gasteiger partial charge in [0.15, 0.2) is 0 Å². The number of unbranched alkanes of at least 4 members (excludes halogenated alkanes) is 5. The largest absolute Gasteiger partial charge is 0.390 e. The van der Waals surface area contributed by atoms with E-state index in [0.29, 0.717) is 0 Å². The van der Waals surface area contributed by atoms with E-state index >= 15 is 0 Å². The molecule has 1 fully saturated rings. The molecule has 0 aromatic rings. The maximum atomic E-state index is 10.6. The zero-order chi connectivity index (χ0) is 13.3. The van der Waals surface area contributed by atoms with Gasteiger partial charge >= 0.3 is 0 Å². The lowest BCUT2D eigenvalue weighted by Crippen LogP contribution is -2.33. The van der Waals surface area contributed by atoms with E-state index in [1.807, 2.05) is 0 Å². The van der Waals surface area contributed by atoms with Gasteiger partial charge in [0.05, 0.1) is 5.60 Å². The summed E-state index contributed by atoms with van der Waals surface area (Å²) in [4.78, 5) is 0. The van der Waals surface area contributed by atoms with Gasteiger partial charge in [0.25, 0.3) is 0 Å². The van der Waals surface area contributed by atoms with Crippen LogP contribution in [-0.4, -0.2) is 10.7 Å². The standard InChI is InChI=1S/C17H34O/c1-3-5-6-7-8-9-13-17(18)14-11-16(10-4-2)12-15-17/h16,18H,3-15H2,1-2H3. The van der Waals surface area contributed by atoms with Crippen molar-refractivity contribution < 1.29 is 5.11 Å². The van der Waals surface area contributed by atoms with E-state index in [-0.39, 0.29) is 5.60 Å². The molecule has 0 radical (unpaired) electrons. The Bertz CT molecular complexity index is 192. The molecule has 1 nitrogen and oxygen atoms in total. The second-order valence-electron chi connectivity index (χ2n) is 6.47. The minimum Gasteiger partial charge on any atom is -0.390 e. The predicted octanol–water partition coefficient (Wildman–Crippen LogP) is 5.46. The third-order valence-corrected chi connectivity index (χ3v) is 4.73. The van der Waals surface area contributed by atoms with Gasteiger partial charge in [-0.15, -0.1) is 0 Å². The summed E-state index contributed by atoms with van der Waals surface area (Å²) in [6, 6.07) is 0. The fraction of sp³-hybridized carbons (Fsp3) is 1.00. The quantitative estimate of drug-likeness (QED) is 0.542. The van der Waals surface area contributed by atoms with Gasteiger partial charge in [0.2, 0.25) is 0 Å². The van der Waals surface area contributed by atoms with Crippen LogP contribution in [0.25, 0.3) is 0 Å². The van der Waals surface area contributed by atoms with Crippen LogP contribution >= 0.6 is 0 Å². The molecule has 0 heterocycles. The van der Waals surface area contributed by atoms with Crippen LogP contribution < -0.4 is 0 Å². The highest BCUT2D eigenvalue weighted by Crippen LogP contribution is 2.37. The number of rotatable bonds is 9. The van der Waals surface area contributed by atoms with E-state index in [0.717, 1.165) is 25.2 Å². The summed E-state index contributed by atoms with van der Waals surface area (Å²) in [6.07, 6.45) is 16.4. The van der Waals surface area contributed by atoms with Crippen LogP contribution in [0, 0.1) is 5.92 Å². The second-order valence-corrected chi connectivity index (χ2v) is 6.47. The summed E-state index contributed by atoms with van der Waals surface area (Å²) in [7, 11) is 0. The Morgan fingerprint density at radius 1 is 0.889 bits per heavy atom. The van der Waals surface area contributed by atoms with E-state index < -0.39 is 0 Å². The topological polar surface area (TPSA) is 20.2 Å². The smallest absolute Gasteiger partial charge is 0.0648 e. The summed E-state index contributed by atoms with van der Waals surface area (Å²) in [5.41, 5.74) is -0.297. The Kier molecular flexibility index (Phi) is 7.97. The Morgan fingerprint density at radius 2 is 1.50 bits per heavy atom. The molecule has 108 valence electrons. The lowest BCUT2D eigenvalue weighted by Gasteiger charge is -2.36. The summed E-state index contributed by atoms with van der Waals surface area (Å²) in [5, 5.41) is 10.6. The van der Waals surface area contributed by atoms with Gasteiger partial charge < -0.3 is 5.11 Å². The van der Waals surface area contributed by atoms with E-state index in [2.05, 4.69) is 13.8 Å². The van der Waals surface area contributed by atoms with Gasteiger partial charge in [-0.2, -0.15) is 0 Å². The van der Waals surface area contributed by atoms with Gasteiger partial charge in [0, 0.05) is 0 Å². The van der Waals surface area contributed by atoms with E-state index in [1.54, 1.807) is 0 Å². The molecule has 1 saturated carbocycles. The maximum Gasteiger partial charge on any atom is 0.0648 e. The molecule has 1 rings (SSSR count). The number of hydrogen-bond acceptors (Lipinski definition) is 1. The fourth-order valence-electron chi connectivity index (χ4n) is 3.40. The minimum absolute atomic E-state index is 0.297. The molecule has 1 aliphatic rings. The fourth-order valence-corrected chi connectivity index (χ4v) is 3.40. The third kappa shape index (κ3) is 6.22. The van der Waals surface area contributed by atoms with Gasteiger partial charge in [-0.05, 0) is 38.0 Å². The first-order valence-corrected chi connectivity index (χ1v) is 8.42. The van der Waals surface area contributed by atoms with Crippen LogP contribution in [-0.2, 0) is 0 Å². The molecule has 0 bridgehead atoms. The van der Waals surface area contributed by atoms with Gasteiger partial charge in [-0.25, -0.2) is 0 Å². The van der Waals surface area contributed by atoms with E-state index in [9.17, 15) is 5.11 Å². The van der Waals surface area contributed by atoms with Crippen molar-refractivity contribution in [3.63, 3.8) is 0 Å². The van der Waals surface area contributed by atoms with Crippen LogP contribution in [0.1, 0.15) is 97.3 Å². The summed E-state index contributed by atoms with van der Waals surface area (Å²) in [5.74, 6) is 0.903. The Hall–Kier alpha value is -0.0400. The highest BCUT2D eigenvalue weighted by molar-refractivity contribution is 4.85. The maximum absolute atomic E-state index is 10.6. The van der Waals surface area contributed by atoms with Crippen molar-refractivity contribution in [2.45, 2.75) is 103 Å². The molecular formula is C17H34O. The highest BCUT2D eigenvalue weighted by Gasteiger charge is 2.31. The molecule has 18 heavy (non-hydrogen) atoms. The van der Waals surface area contributed by atoms with Crippen LogP contribution in [0.5, 0.6) is 0 Å². The van der Waals surface area contributed by atoms with Crippen molar-refractivity contribution in [2.75, 3.05) is 0 Å². The van der Waals surface area contributed by atoms with Crippen molar-refractivity contribution in [3.8, 4) is 0 Å². The first kappa shape index (κ1) is 16.0. The molecule has 0 atom stereocenters. The van der Waals surface area contributed by atoms with Gasteiger partial charge in [-0.1, -0.05) is 65.2 Å². The molecule has 0 unspecified atom stereocenters. The summed E-state index contributed by atoms with van der Waals surface area (Å²) >= 11 is 0. The van der Waals surface area contributed by atoms with Crippen molar-refractivity contribution in [3.05, 3.63) is 0 Å². The Morgan fingerprint density at radius 3 is 2.11 bits per heavy atom. The molecule has 0 spiro atoms. The highest BCUT2D eigenvalue weighted by atomic mass is 16.3. The minimum atomic E-state index is -0.297. The van der Waals surface area contributed by atoms with Crippen molar-refractivity contribution in [1.82, 2.24) is 0 Å². The SMILES string of the molecule is CCCCCCCCC1(O)CCC(CCC)CC1. The van der Waals surface area contributed by atoms with Crippen molar-refractivity contribution >= 4 is 0 Å². The molecule has 0 saturated heterocycles. The van der Waals surface area contributed by atoms with Crippen LogP contribution in [0.2, 0.25) is 0 Å². The average Bonchev–Trinajstić information content (AvgIpc) is 2.37. The number of aliphatic hydroxyl groups is 1. The van der Waals surface area contributed by atoms with E-state index in [4.69, 9.17) is 0 Å². The monoisotopic (exact) mass is 254 g/mol. The lowest BCUT2D eigenvalue weighted by atomic mass is 9.75. The Labute approximate surface area is 114 Å². The molecule has 0 aliphatic heterocycles. The van der Waals surface area contributed by atoms with Crippen LogP contribution in [0.4, 0.5) is 0 Å². The Balaban J connectivity index is 2.07. The van der Waals surface area contributed by atoms with Crippen LogP contribution in [0.3, 0.4) is 0 Å². The first-order valence-electron chi connectivity index (χ1n) is 8.42. The lowest BCUT2D eigenvalue weighted by molar-refractivity contribution is -0.0194. The molecular weight excluding hydrogens is 220 g/mol. The first-order chi connectivity index (χ1) is 8.70. The summed E-state index contributed by atoms with van der Waals surface area (Å²) < 4.78 is 0. The zero-order valence-electron chi connectivity index (χ0n) is 12.7. The third-order valence-electron chi connectivity index (χ3n) is 4.73. The average molecular weight is 254 g/mol. The summed E-state index contributed by atoms with van der Waals surface area (Å²) in [6.45, 7) is 4.54. The molecule has 1 heteroatoms. The van der Waals surface area contributed by atoms with Gasteiger partial charge in [0.1, 0.15) is 0 Å². The zero-order valence-corrected chi connectivity index (χ0v) is 12.7. The van der Waals surface area contributed by atoms with Crippen molar-refractivity contribution in [1.29, 1.82) is 0 Å². The van der Waals surface area contributed by atoms with Crippen LogP contribution in [0.15, 0.2) is 0 Å². The van der Waals surface area contributed by atoms with E-state index in [1.165, 1.54) is 64.2 Å². The normalized spacial score (nSPS) is 28.5. The number of hydrogen-bond donors (Lipinski definition) is 1. The molecule has 1 aliphatic carbocycles. The van der Waals surface area contributed by atoms with Crippen molar-refractivity contribution in [2.24, 2.45) is 5.92 Å². The second kappa shape index (κ2) is 8.96. The molecule has 0 aromatic carbocycles. The molecule has 0 aromatic heterocycles. The van der Waals surface area contributed by atoms with Gasteiger partial charge in [-0.3, -0.25) is 0 Å². The molecule has 0 amide bonds. The predicted molar refractivity (Wildman–Crippen MR) is 79.8 cm³/mol. The molecule has 1 N–H and O–H groups in total.